The molecule has 0 bridgehead atoms. The second-order valence-corrected chi connectivity index (χ2v) is 7.73. The van der Waals surface area contributed by atoms with Gasteiger partial charge in [0.05, 0.1) is 0 Å². The molecule has 138 valence electrons. The largest absolute Gasteiger partial charge is 0.312 e. The van der Waals surface area contributed by atoms with Gasteiger partial charge in [-0.1, -0.05) is 71.2 Å². The van der Waals surface area contributed by atoms with E-state index in [0.717, 1.165) is 48.2 Å². The Hall–Kier alpha value is -1.32. The molecule has 1 aliphatic carbocycles. The summed E-state index contributed by atoms with van der Waals surface area (Å²) in [7, 11) is 0. The molecule has 1 unspecified atom stereocenters. The molecular formula is C22H26Cl2N2. The molecular weight excluding hydrogens is 363 g/mol. The Labute approximate surface area is 166 Å². The van der Waals surface area contributed by atoms with Gasteiger partial charge in [-0.25, -0.2) is 0 Å². The minimum atomic E-state index is 0.713. The highest BCUT2D eigenvalue weighted by Gasteiger charge is 2.14. The summed E-state index contributed by atoms with van der Waals surface area (Å²) >= 11 is 12.4. The van der Waals surface area contributed by atoms with Crippen LogP contribution in [0.2, 0.25) is 10.0 Å². The summed E-state index contributed by atoms with van der Waals surface area (Å²) in [6, 6.07) is 16.1. The van der Waals surface area contributed by atoms with Crippen LogP contribution in [-0.4, -0.2) is 13.1 Å². The third-order valence-electron chi connectivity index (χ3n) is 4.95. The fraction of sp³-hybridized carbons (Fsp3) is 0.364. The van der Waals surface area contributed by atoms with Gasteiger partial charge in [0.2, 0.25) is 0 Å². The van der Waals surface area contributed by atoms with E-state index in [1.54, 1.807) is 0 Å². The maximum atomic E-state index is 6.20. The van der Waals surface area contributed by atoms with Crippen LogP contribution in [-0.2, 0) is 13.1 Å². The Morgan fingerprint density at radius 3 is 2.00 bits per heavy atom. The normalized spacial score (nSPS) is 17.2. The van der Waals surface area contributed by atoms with Crippen molar-refractivity contribution in [2.24, 2.45) is 5.92 Å². The van der Waals surface area contributed by atoms with Gasteiger partial charge < -0.3 is 10.6 Å². The van der Waals surface area contributed by atoms with Gasteiger partial charge in [0.15, 0.2) is 0 Å². The summed E-state index contributed by atoms with van der Waals surface area (Å²) in [5.74, 6) is 0.713. The fourth-order valence-corrected chi connectivity index (χ4v) is 3.75. The van der Waals surface area contributed by atoms with Crippen molar-refractivity contribution >= 4 is 23.2 Å². The standard InChI is InChI=1S/C22H26Cl2N2/c23-21-7-3-1-5-19(21)15-25-13-17-9-11-18(12-10-17)14-26-16-20-6-2-4-8-22(20)24/h1-9,18,25-26H,10-16H2. The number of hydrogen-bond acceptors (Lipinski definition) is 2. The number of halogens is 2. The van der Waals surface area contributed by atoms with E-state index in [9.17, 15) is 0 Å². The molecule has 0 saturated carbocycles. The molecule has 2 nitrogen and oxygen atoms in total. The predicted octanol–water partition coefficient (Wildman–Crippen LogP) is 5.60. The Kier molecular flexibility index (Phi) is 7.57. The lowest BCUT2D eigenvalue weighted by Crippen LogP contribution is -2.25. The molecule has 3 rings (SSSR count). The lowest BCUT2D eigenvalue weighted by molar-refractivity contribution is 0.429. The van der Waals surface area contributed by atoms with Crippen molar-refractivity contribution < 1.29 is 0 Å². The van der Waals surface area contributed by atoms with Crippen LogP contribution < -0.4 is 10.6 Å². The van der Waals surface area contributed by atoms with Gasteiger partial charge in [0.1, 0.15) is 0 Å². The molecule has 4 heteroatoms. The number of nitrogens with one attached hydrogen (secondary N) is 2. The molecule has 0 heterocycles. The van der Waals surface area contributed by atoms with Crippen molar-refractivity contribution in [3.05, 3.63) is 81.4 Å². The van der Waals surface area contributed by atoms with Gasteiger partial charge in [0, 0.05) is 29.7 Å². The first-order valence-corrected chi connectivity index (χ1v) is 10.0. The fourth-order valence-electron chi connectivity index (χ4n) is 3.34. The Morgan fingerprint density at radius 2 is 1.42 bits per heavy atom. The molecule has 0 aromatic heterocycles. The number of benzene rings is 2. The molecule has 0 aliphatic heterocycles. The third kappa shape index (κ3) is 5.85. The molecule has 26 heavy (non-hydrogen) atoms. The van der Waals surface area contributed by atoms with E-state index in [1.807, 2.05) is 36.4 Å². The first kappa shape index (κ1) is 19.4. The molecule has 2 aromatic rings. The monoisotopic (exact) mass is 388 g/mol. The van der Waals surface area contributed by atoms with Gasteiger partial charge in [0.25, 0.3) is 0 Å². The highest BCUT2D eigenvalue weighted by Crippen LogP contribution is 2.23. The molecule has 1 aliphatic rings. The molecule has 0 fully saturated rings. The molecule has 0 saturated heterocycles. The van der Waals surface area contributed by atoms with Gasteiger partial charge in [-0.3, -0.25) is 0 Å². The lowest BCUT2D eigenvalue weighted by atomic mass is 9.89. The second-order valence-electron chi connectivity index (χ2n) is 6.92. The van der Waals surface area contributed by atoms with Crippen molar-refractivity contribution in [3.63, 3.8) is 0 Å². The topological polar surface area (TPSA) is 24.1 Å². The summed E-state index contributed by atoms with van der Waals surface area (Å²) in [5.41, 5.74) is 3.84. The van der Waals surface area contributed by atoms with Crippen LogP contribution in [0.3, 0.4) is 0 Å². The first-order chi connectivity index (χ1) is 12.7. The van der Waals surface area contributed by atoms with Crippen LogP contribution in [0.5, 0.6) is 0 Å². The van der Waals surface area contributed by atoms with Gasteiger partial charge >= 0.3 is 0 Å². The van der Waals surface area contributed by atoms with Crippen molar-refractivity contribution in [1.29, 1.82) is 0 Å². The van der Waals surface area contributed by atoms with E-state index < -0.39 is 0 Å². The maximum absolute atomic E-state index is 6.20. The summed E-state index contributed by atoms with van der Waals surface area (Å²) in [5, 5.41) is 8.75. The Balaban J connectivity index is 1.35. The smallest absolute Gasteiger partial charge is 0.0450 e. The predicted molar refractivity (Wildman–Crippen MR) is 112 cm³/mol. The zero-order valence-electron chi connectivity index (χ0n) is 15.0. The average Bonchev–Trinajstić information content (AvgIpc) is 2.66. The summed E-state index contributed by atoms with van der Waals surface area (Å²) in [6.07, 6.45) is 5.98. The van der Waals surface area contributed by atoms with Crippen molar-refractivity contribution in [3.8, 4) is 0 Å². The average molecular weight is 389 g/mol. The van der Waals surface area contributed by atoms with E-state index >= 15 is 0 Å². The van der Waals surface area contributed by atoms with Crippen LogP contribution in [0.15, 0.2) is 60.2 Å². The van der Waals surface area contributed by atoms with Crippen LogP contribution in [0.25, 0.3) is 0 Å². The highest BCUT2D eigenvalue weighted by atomic mass is 35.5. The Morgan fingerprint density at radius 1 is 0.808 bits per heavy atom. The number of allylic oxidation sites excluding steroid dienone is 1. The number of rotatable bonds is 8. The van der Waals surface area contributed by atoms with E-state index in [-0.39, 0.29) is 0 Å². The Bertz CT molecular complexity index is 742. The van der Waals surface area contributed by atoms with E-state index in [0.29, 0.717) is 5.92 Å². The number of hydrogen-bond donors (Lipinski definition) is 2. The van der Waals surface area contributed by atoms with Crippen LogP contribution in [0.1, 0.15) is 30.4 Å². The SMILES string of the molecule is Clc1ccccc1CNCC1=CCC(CNCc2ccccc2Cl)CC1. The molecule has 2 N–H and O–H groups in total. The van der Waals surface area contributed by atoms with Crippen LogP contribution in [0, 0.1) is 5.92 Å². The van der Waals surface area contributed by atoms with Crippen LogP contribution >= 0.6 is 23.2 Å². The van der Waals surface area contributed by atoms with E-state index in [1.165, 1.54) is 24.0 Å². The maximum Gasteiger partial charge on any atom is 0.0450 e. The summed E-state index contributed by atoms with van der Waals surface area (Å²) < 4.78 is 0. The minimum absolute atomic E-state index is 0.713. The van der Waals surface area contributed by atoms with E-state index in [2.05, 4.69) is 28.8 Å². The lowest BCUT2D eigenvalue weighted by Gasteiger charge is -2.23. The molecule has 0 spiro atoms. The van der Waals surface area contributed by atoms with Gasteiger partial charge in [-0.05, 0) is 55.0 Å². The quantitative estimate of drug-likeness (QED) is 0.575. The van der Waals surface area contributed by atoms with Gasteiger partial charge in [-0.2, -0.15) is 0 Å². The first-order valence-electron chi connectivity index (χ1n) is 9.28. The van der Waals surface area contributed by atoms with Crippen LogP contribution in [0.4, 0.5) is 0 Å². The molecule has 2 aromatic carbocycles. The molecule has 1 atom stereocenters. The third-order valence-corrected chi connectivity index (χ3v) is 5.68. The van der Waals surface area contributed by atoms with Crippen molar-refractivity contribution in [2.45, 2.75) is 32.4 Å². The van der Waals surface area contributed by atoms with Crippen molar-refractivity contribution in [1.82, 2.24) is 10.6 Å². The summed E-state index contributed by atoms with van der Waals surface area (Å²) in [4.78, 5) is 0. The minimum Gasteiger partial charge on any atom is -0.312 e. The molecule has 0 amide bonds. The van der Waals surface area contributed by atoms with Gasteiger partial charge in [-0.15, -0.1) is 0 Å². The zero-order chi connectivity index (χ0) is 18.2. The zero-order valence-corrected chi connectivity index (χ0v) is 16.5. The summed E-state index contributed by atoms with van der Waals surface area (Å²) in [6.45, 7) is 3.65. The second kappa shape index (κ2) is 10.1. The van der Waals surface area contributed by atoms with Crippen molar-refractivity contribution in [2.75, 3.05) is 13.1 Å². The molecule has 0 radical (unpaired) electrons. The highest BCUT2D eigenvalue weighted by molar-refractivity contribution is 6.31. The van der Waals surface area contributed by atoms with E-state index in [4.69, 9.17) is 23.2 Å².